The number of benzene rings is 1. The van der Waals surface area contributed by atoms with Crippen molar-refractivity contribution in [1.29, 1.82) is 0 Å². The van der Waals surface area contributed by atoms with Crippen LogP contribution in [0, 0.1) is 0 Å². The van der Waals surface area contributed by atoms with E-state index in [1.54, 1.807) is 18.2 Å². The van der Waals surface area contributed by atoms with Crippen LogP contribution in [-0.2, 0) is 10.1 Å². The first-order chi connectivity index (χ1) is 8.49. The second-order valence-electron chi connectivity index (χ2n) is 3.47. The first kappa shape index (κ1) is 12.1. The van der Waals surface area contributed by atoms with Gasteiger partial charge >= 0.3 is 21.5 Å². The number of hydrogen-bond acceptors (Lipinski definition) is 2. The van der Waals surface area contributed by atoms with Crippen LogP contribution in [0.25, 0.3) is 22.0 Å². The summed E-state index contributed by atoms with van der Waals surface area (Å²) in [6.45, 7) is 0. The molecular weight excluding hydrogens is 256 g/mol. The molecule has 1 aromatic carbocycles. The van der Waals surface area contributed by atoms with Gasteiger partial charge in [0.1, 0.15) is 0 Å². The molecule has 0 saturated heterocycles. The van der Waals surface area contributed by atoms with Gasteiger partial charge in [-0.3, -0.25) is 4.55 Å². The Kier molecular flexibility index (Phi) is 2.78. The van der Waals surface area contributed by atoms with Gasteiger partial charge in [0.25, 0.3) is 0 Å². The van der Waals surface area contributed by atoms with Crippen LogP contribution in [0.15, 0.2) is 24.3 Å². The van der Waals surface area contributed by atoms with Gasteiger partial charge in [-0.05, 0) is 5.22 Å². The molecule has 0 heterocycles. The summed E-state index contributed by atoms with van der Waals surface area (Å²) < 4.78 is 31.9. The first-order valence-corrected chi connectivity index (χ1v) is 6.16. The second-order valence-corrected chi connectivity index (χ2v) is 4.83. The fraction of sp³-hybridized carbons (Fsp3) is 0. The standard InChI is InChI=1S/C10H6N4O3S/c11-13-8-5-6-3-1-2-4-7(6)10(9(8)14-12)18(15,16)17/h1-5H,(H,15,16,17). The van der Waals surface area contributed by atoms with Crippen molar-refractivity contribution in [3.05, 3.63) is 45.8 Å². The maximum atomic E-state index is 11.4. The lowest BCUT2D eigenvalue weighted by Gasteiger charge is -2.01. The quantitative estimate of drug-likeness (QED) is 0.388. The van der Waals surface area contributed by atoms with Gasteiger partial charge in [0.15, 0.2) is 4.91 Å². The molecule has 0 aromatic heterocycles. The Morgan fingerprint density at radius 1 is 1.11 bits per heavy atom. The molecule has 1 aromatic rings. The van der Waals surface area contributed by atoms with Crippen LogP contribution in [0.2, 0.25) is 0 Å². The molecule has 90 valence electrons. The van der Waals surface area contributed by atoms with E-state index in [1.807, 2.05) is 0 Å². The highest BCUT2D eigenvalue weighted by Gasteiger charge is 2.39. The smallest absolute Gasteiger partial charge is 0.360 e. The molecule has 0 spiro atoms. The van der Waals surface area contributed by atoms with E-state index in [0.29, 0.717) is 5.22 Å². The highest BCUT2D eigenvalue weighted by molar-refractivity contribution is 7.96. The largest absolute Gasteiger partial charge is 0.424 e. The molecule has 0 saturated carbocycles. The molecule has 1 N–H and O–H groups in total. The normalized spacial score (nSPS) is 14.4. The Morgan fingerprint density at radius 2 is 1.78 bits per heavy atom. The Bertz CT molecular complexity index is 857. The average Bonchev–Trinajstić information content (AvgIpc) is 2.34. The number of nitrogens with zero attached hydrogens (tertiary/aromatic N) is 4. The van der Waals surface area contributed by atoms with Gasteiger partial charge < -0.3 is 11.1 Å². The Hall–Kier alpha value is -2.37. The van der Waals surface area contributed by atoms with Crippen LogP contribution in [-0.4, -0.2) is 34.0 Å². The number of rotatable bonds is 1. The third-order valence-electron chi connectivity index (χ3n) is 2.42. The summed E-state index contributed by atoms with van der Waals surface area (Å²) in [6, 6.07) is 6.22. The third kappa shape index (κ3) is 1.81. The SMILES string of the molecule is [N-]=[N+]=C1C=c2ccccc2=C(S(=O)(=O)O)C1=[N+]=[N-]. The van der Waals surface area contributed by atoms with E-state index in [2.05, 4.69) is 9.58 Å². The van der Waals surface area contributed by atoms with Crippen molar-refractivity contribution in [2.75, 3.05) is 0 Å². The van der Waals surface area contributed by atoms with Gasteiger partial charge in [0.2, 0.25) is 0 Å². The Labute approximate surface area is 101 Å². The van der Waals surface area contributed by atoms with E-state index in [-0.39, 0.29) is 10.9 Å². The minimum absolute atomic E-state index is 0.167. The molecule has 0 aliphatic heterocycles. The zero-order valence-electron chi connectivity index (χ0n) is 8.85. The fourth-order valence-electron chi connectivity index (χ4n) is 1.72. The average molecular weight is 262 g/mol. The van der Waals surface area contributed by atoms with Crippen LogP contribution in [0.4, 0.5) is 0 Å². The van der Waals surface area contributed by atoms with E-state index >= 15 is 0 Å². The molecule has 18 heavy (non-hydrogen) atoms. The second kappa shape index (κ2) is 4.14. The van der Waals surface area contributed by atoms with E-state index in [4.69, 9.17) is 11.1 Å². The summed E-state index contributed by atoms with van der Waals surface area (Å²) in [5, 5.41) is 0.588. The van der Waals surface area contributed by atoms with Crippen molar-refractivity contribution in [3.8, 4) is 0 Å². The zero-order chi connectivity index (χ0) is 13.3. The van der Waals surface area contributed by atoms with Crippen LogP contribution in [0.3, 0.4) is 0 Å². The van der Waals surface area contributed by atoms with Crippen LogP contribution in [0.1, 0.15) is 0 Å². The van der Waals surface area contributed by atoms with Crippen LogP contribution < -0.4 is 10.4 Å². The predicted octanol–water partition coefficient (Wildman–Crippen LogP) is -1.18. The van der Waals surface area contributed by atoms with Gasteiger partial charge in [-0.1, -0.05) is 24.3 Å². The van der Waals surface area contributed by atoms with Crippen molar-refractivity contribution in [3.63, 3.8) is 0 Å². The molecule has 0 amide bonds. The van der Waals surface area contributed by atoms with E-state index < -0.39 is 20.7 Å². The molecule has 7 nitrogen and oxygen atoms in total. The highest BCUT2D eigenvalue weighted by Crippen LogP contribution is 2.08. The third-order valence-corrected chi connectivity index (χ3v) is 3.35. The maximum Gasteiger partial charge on any atom is 0.424 e. The van der Waals surface area contributed by atoms with Gasteiger partial charge in [-0.25, -0.2) is 0 Å². The molecule has 0 atom stereocenters. The summed E-state index contributed by atoms with van der Waals surface area (Å²) in [5.74, 6) is 0. The monoisotopic (exact) mass is 262 g/mol. The lowest BCUT2D eigenvalue weighted by Crippen LogP contribution is -2.40. The predicted molar refractivity (Wildman–Crippen MR) is 62.4 cm³/mol. The molecule has 0 unspecified atom stereocenters. The molecule has 1 aliphatic carbocycles. The molecule has 1 aliphatic rings. The fourth-order valence-corrected chi connectivity index (χ4v) is 2.58. The number of hydrogen-bond donors (Lipinski definition) is 1. The molecule has 8 heteroatoms. The first-order valence-electron chi connectivity index (χ1n) is 4.72. The maximum absolute atomic E-state index is 11.4. The lowest BCUT2D eigenvalue weighted by atomic mass is 10.0. The zero-order valence-corrected chi connectivity index (χ0v) is 9.66. The summed E-state index contributed by atoms with van der Waals surface area (Å²) in [5.41, 5.74) is 16.8. The van der Waals surface area contributed by atoms with Crippen LogP contribution in [0.5, 0.6) is 0 Å². The van der Waals surface area contributed by atoms with Crippen molar-refractivity contribution in [2.24, 2.45) is 0 Å². The summed E-state index contributed by atoms with van der Waals surface area (Å²) in [4.78, 5) is 5.00. The Morgan fingerprint density at radius 3 is 2.33 bits per heavy atom. The molecule has 0 fully saturated rings. The van der Waals surface area contributed by atoms with Crippen LogP contribution >= 0.6 is 0 Å². The van der Waals surface area contributed by atoms with Crippen molar-refractivity contribution < 1.29 is 22.6 Å². The number of fused-ring (bicyclic) bond motifs is 1. The topological polar surface area (TPSA) is 127 Å². The van der Waals surface area contributed by atoms with Crippen molar-refractivity contribution >= 4 is 32.5 Å². The van der Waals surface area contributed by atoms with Gasteiger partial charge in [-0.15, -0.1) is 0 Å². The summed E-state index contributed by atoms with van der Waals surface area (Å²) >= 11 is 0. The molecule has 2 rings (SSSR count). The summed E-state index contributed by atoms with van der Waals surface area (Å²) in [7, 11) is -4.63. The van der Waals surface area contributed by atoms with Gasteiger partial charge in [0, 0.05) is 11.3 Å². The molecular formula is C10H6N4O3S. The van der Waals surface area contributed by atoms with E-state index in [1.165, 1.54) is 12.1 Å². The molecule has 0 radical (unpaired) electrons. The summed E-state index contributed by atoms with van der Waals surface area (Å²) in [6.07, 6.45) is 1.33. The van der Waals surface area contributed by atoms with Gasteiger partial charge in [0.05, 0.1) is 0 Å². The Balaban J connectivity index is 3.18. The van der Waals surface area contributed by atoms with Crippen molar-refractivity contribution in [2.45, 2.75) is 0 Å². The van der Waals surface area contributed by atoms with E-state index in [9.17, 15) is 13.0 Å². The highest BCUT2D eigenvalue weighted by atomic mass is 32.2. The van der Waals surface area contributed by atoms with E-state index in [0.717, 1.165) is 0 Å². The molecule has 0 bridgehead atoms. The van der Waals surface area contributed by atoms with Gasteiger partial charge in [-0.2, -0.15) is 18.0 Å². The van der Waals surface area contributed by atoms with Crippen molar-refractivity contribution in [1.82, 2.24) is 0 Å². The lowest BCUT2D eigenvalue weighted by molar-refractivity contribution is -0.0202. The minimum atomic E-state index is -4.63. The minimum Gasteiger partial charge on any atom is -0.360 e.